The van der Waals surface area contributed by atoms with E-state index >= 15 is 0 Å². The van der Waals surface area contributed by atoms with Crippen molar-refractivity contribution in [3.8, 4) is 0 Å². The Bertz CT molecular complexity index is 535. The molecule has 1 aromatic heterocycles. The highest BCUT2D eigenvalue weighted by atomic mass is 19.4. The van der Waals surface area contributed by atoms with Crippen LogP contribution >= 0.6 is 0 Å². The zero-order chi connectivity index (χ0) is 17.0. The first kappa shape index (κ1) is 17.7. The number of nitrogens with zero attached hydrogens (tertiary/aromatic N) is 3. The molecule has 0 radical (unpaired) electrons. The van der Waals surface area contributed by atoms with Gasteiger partial charge in [-0.3, -0.25) is 4.79 Å². The number of hydrogen-bond acceptors (Lipinski definition) is 6. The first-order valence-electron chi connectivity index (χ1n) is 7.13. The van der Waals surface area contributed by atoms with E-state index in [0.717, 1.165) is 0 Å². The van der Waals surface area contributed by atoms with Crippen LogP contribution in [-0.4, -0.2) is 59.6 Å². The van der Waals surface area contributed by atoms with E-state index in [-0.39, 0.29) is 30.9 Å². The van der Waals surface area contributed by atoms with Crippen LogP contribution in [0, 0.1) is 6.92 Å². The molecule has 0 spiro atoms. The van der Waals surface area contributed by atoms with Gasteiger partial charge in [-0.2, -0.15) is 18.2 Å². The van der Waals surface area contributed by atoms with Crippen molar-refractivity contribution in [1.82, 2.24) is 15.0 Å². The van der Waals surface area contributed by atoms with E-state index in [0.29, 0.717) is 19.0 Å². The topological polar surface area (TPSA) is 77.7 Å². The molecule has 1 amide bonds. The number of morpholine rings is 1. The van der Waals surface area contributed by atoms with Crippen LogP contribution in [-0.2, 0) is 14.3 Å². The molecule has 10 heteroatoms. The van der Waals surface area contributed by atoms with Crippen LogP contribution in [0.2, 0.25) is 0 Å². The molecule has 1 fully saturated rings. The summed E-state index contributed by atoms with van der Waals surface area (Å²) in [6.07, 6.45) is -4.92. The molecule has 1 aliphatic rings. The molecule has 0 bridgehead atoms. The summed E-state index contributed by atoms with van der Waals surface area (Å²) in [4.78, 5) is 17.9. The molecule has 1 saturated heterocycles. The fourth-order valence-electron chi connectivity index (χ4n) is 2.36. The molecule has 0 unspecified atom stereocenters. The van der Waals surface area contributed by atoms with Crippen LogP contribution in [0.4, 0.5) is 13.2 Å². The number of aromatic nitrogens is 2. The van der Waals surface area contributed by atoms with E-state index in [9.17, 15) is 18.0 Å². The lowest BCUT2D eigenvalue weighted by Crippen LogP contribution is -2.47. The predicted octanol–water partition coefficient (Wildman–Crippen LogP) is 1.64. The average Bonchev–Trinajstić information content (AvgIpc) is 2.88. The fraction of sp³-hybridized carbons (Fsp3) is 0.769. The number of rotatable bonds is 5. The van der Waals surface area contributed by atoms with Gasteiger partial charge in [0.05, 0.1) is 25.7 Å². The monoisotopic (exact) mass is 337 g/mol. The molecule has 0 aromatic carbocycles. The number of halogens is 3. The summed E-state index contributed by atoms with van der Waals surface area (Å²) < 4.78 is 51.1. The van der Waals surface area contributed by atoms with Crippen molar-refractivity contribution >= 4 is 5.91 Å². The summed E-state index contributed by atoms with van der Waals surface area (Å²) in [5.41, 5.74) is 0. The Balaban J connectivity index is 1.96. The van der Waals surface area contributed by atoms with Crippen LogP contribution < -0.4 is 0 Å². The maximum Gasteiger partial charge on any atom is 0.411 e. The highest BCUT2D eigenvalue weighted by Crippen LogP contribution is 2.29. The normalized spacial score (nSPS) is 22.4. The SMILES string of the molecule is Cc1noc([C@@H]2[C@@H](C)OCCN2C(=O)CCOCC(F)(F)F)n1. The average molecular weight is 337 g/mol. The van der Waals surface area contributed by atoms with Gasteiger partial charge in [0.15, 0.2) is 5.82 Å². The maximum absolute atomic E-state index is 12.3. The Kier molecular flexibility index (Phi) is 5.58. The van der Waals surface area contributed by atoms with Crippen LogP contribution in [0.3, 0.4) is 0 Å². The lowest BCUT2D eigenvalue weighted by Gasteiger charge is -2.37. The predicted molar refractivity (Wildman–Crippen MR) is 70.4 cm³/mol. The highest BCUT2D eigenvalue weighted by Gasteiger charge is 2.37. The van der Waals surface area contributed by atoms with Gasteiger partial charge in [0.2, 0.25) is 5.91 Å². The lowest BCUT2D eigenvalue weighted by atomic mass is 10.1. The van der Waals surface area contributed by atoms with Crippen molar-refractivity contribution < 1.29 is 32.0 Å². The minimum atomic E-state index is -4.40. The van der Waals surface area contributed by atoms with Gasteiger partial charge in [0.25, 0.3) is 5.89 Å². The molecule has 2 heterocycles. The number of amides is 1. The summed E-state index contributed by atoms with van der Waals surface area (Å²) in [6, 6.07) is -0.555. The van der Waals surface area contributed by atoms with Crippen molar-refractivity contribution in [2.75, 3.05) is 26.4 Å². The Morgan fingerprint density at radius 1 is 1.48 bits per heavy atom. The third-order valence-corrected chi connectivity index (χ3v) is 3.34. The molecule has 2 atom stereocenters. The summed E-state index contributed by atoms with van der Waals surface area (Å²) in [7, 11) is 0. The minimum absolute atomic E-state index is 0.160. The Morgan fingerprint density at radius 3 is 2.83 bits per heavy atom. The summed E-state index contributed by atoms with van der Waals surface area (Å²) >= 11 is 0. The zero-order valence-corrected chi connectivity index (χ0v) is 12.8. The second-order valence-electron chi connectivity index (χ2n) is 5.21. The fourth-order valence-corrected chi connectivity index (χ4v) is 2.36. The van der Waals surface area contributed by atoms with E-state index in [1.807, 2.05) is 0 Å². The molecule has 23 heavy (non-hydrogen) atoms. The zero-order valence-electron chi connectivity index (χ0n) is 12.8. The van der Waals surface area contributed by atoms with Crippen molar-refractivity contribution in [1.29, 1.82) is 0 Å². The van der Waals surface area contributed by atoms with E-state index < -0.39 is 18.8 Å². The van der Waals surface area contributed by atoms with E-state index in [2.05, 4.69) is 14.9 Å². The summed E-state index contributed by atoms with van der Waals surface area (Å²) in [6.45, 7) is 2.38. The molecule has 0 aliphatic carbocycles. The van der Waals surface area contributed by atoms with Crippen LogP contribution in [0.25, 0.3) is 0 Å². The third-order valence-electron chi connectivity index (χ3n) is 3.34. The van der Waals surface area contributed by atoms with Gasteiger partial charge in [-0.15, -0.1) is 0 Å². The van der Waals surface area contributed by atoms with Crippen molar-refractivity contribution in [3.63, 3.8) is 0 Å². The molecule has 0 saturated carbocycles. The van der Waals surface area contributed by atoms with Crippen molar-refractivity contribution in [3.05, 3.63) is 11.7 Å². The van der Waals surface area contributed by atoms with Gasteiger partial charge in [-0.05, 0) is 13.8 Å². The van der Waals surface area contributed by atoms with Crippen LogP contribution in [0.1, 0.15) is 31.1 Å². The number of carbonyl (C=O) groups is 1. The molecule has 1 aliphatic heterocycles. The number of alkyl halides is 3. The Hall–Kier alpha value is -1.68. The molecule has 2 rings (SSSR count). The first-order chi connectivity index (χ1) is 10.8. The number of hydrogen-bond donors (Lipinski definition) is 0. The van der Waals surface area contributed by atoms with Gasteiger partial charge >= 0.3 is 6.18 Å². The van der Waals surface area contributed by atoms with Crippen LogP contribution in [0.5, 0.6) is 0 Å². The van der Waals surface area contributed by atoms with Gasteiger partial charge < -0.3 is 18.9 Å². The smallest absolute Gasteiger partial charge is 0.374 e. The molecular weight excluding hydrogens is 319 g/mol. The lowest BCUT2D eigenvalue weighted by molar-refractivity contribution is -0.176. The summed E-state index contributed by atoms with van der Waals surface area (Å²) in [5.74, 6) is 0.334. The van der Waals surface area contributed by atoms with E-state index in [1.54, 1.807) is 13.8 Å². The highest BCUT2D eigenvalue weighted by molar-refractivity contribution is 5.76. The number of carbonyl (C=O) groups excluding carboxylic acids is 1. The minimum Gasteiger partial charge on any atom is -0.374 e. The molecular formula is C13H18F3N3O4. The molecule has 7 nitrogen and oxygen atoms in total. The van der Waals surface area contributed by atoms with Crippen LogP contribution in [0.15, 0.2) is 4.52 Å². The van der Waals surface area contributed by atoms with Gasteiger partial charge in [0.1, 0.15) is 12.6 Å². The maximum atomic E-state index is 12.3. The number of ether oxygens (including phenoxy) is 2. The van der Waals surface area contributed by atoms with Gasteiger partial charge in [-0.25, -0.2) is 0 Å². The number of aryl methyl sites for hydroxylation is 1. The molecule has 130 valence electrons. The quantitative estimate of drug-likeness (QED) is 0.760. The standard InChI is InChI=1S/C13H18F3N3O4/c1-8-11(12-17-9(2)18-23-12)19(4-6-22-8)10(20)3-5-21-7-13(14,15)16/h8,11H,3-7H2,1-2H3/t8-,11+/m1/s1. The van der Waals surface area contributed by atoms with Gasteiger partial charge in [-0.1, -0.05) is 5.16 Å². The van der Waals surface area contributed by atoms with Crippen molar-refractivity contribution in [2.24, 2.45) is 0 Å². The third kappa shape index (κ3) is 4.90. The van der Waals surface area contributed by atoms with E-state index in [4.69, 9.17) is 9.26 Å². The Morgan fingerprint density at radius 2 is 2.22 bits per heavy atom. The summed E-state index contributed by atoms with van der Waals surface area (Å²) in [5, 5.41) is 3.69. The molecule has 0 N–H and O–H groups in total. The van der Waals surface area contributed by atoms with E-state index in [1.165, 1.54) is 4.90 Å². The second kappa shape index (κ2) is 7.26. The second-order valence-corrected chi connectivity index (χ2v) is 5.21. The van der Waals surface area contributed by atoms with Crippen molar-refractivity contribution in [2.45, 2.75) is 38.6 Å². The van der Waals surface area contributed by atoms with Gasteiger partial charge in [0, 0.05) is 6.54 Å². The Labute approximate surface area is 130 Å². The first-order valence-corrected chi connectivity index (χ1v) is 7.13. The molecule has 1 aromatic rings. The largest absolute Gasteiger partial charge is 0.411 e.